The van der Waals surface area contributed by atoms with Crippen molar-refractivity contribution in [2.45, 2.75) is 71.3 Å². The summed E-state index contributed by atoms with van der Waals surface area (Å²) in [5, 5.41) is 5.07. The first-order chi connectivity index (χ1) is 8.75. The third-order valence-corrected chi connectivity index (χ3v) is 5.41. The lowest BCUT2D eigenvalue weighted by atomic mass is 9.91. The van der Waals surface area contributed by atoms with Crippen molar-refractivity contribution >= 4 is 11.3 Å². The van der Waals surface area contributed by atoms with Crippen LogP contribution in [0.4, 0.5) is 0 Å². The highest BCUT2D eigenvalue weighted by atomic mass is 32.1. The number of nitrogens with one attached hydrogen (secondary N) is 1. The SMILES string of the molecule is CCCC(CC)(NCC)c1nc2c(s1)CCCC2. The summed E-state index contributed by atoms with van der Waals surface area (Å²) in [7, 11) is 0. The Bertz CT molecular complexity index is 354. The van der Waals surface area contributed by atoms with Crippen LogP contribution in [0.1, 0.15) is 68.5 Å². The number of nitrogens with zero attached hydrogens (tertiary/aromatic N) is 1. The summed E-state index contributed by atoms with van der Waals surface area (Å²) in [6.45, 7) is 7.79. The molecule has 0 fully saturated rings. The van der Waals surface area contributed by atoms with E-state index in [4.69, 9.17) is 4.98 Å². The summed E-state index contributed by atoms with van der Waals surface area (Å²) < 4.78 is 0. The monoisotopic (exact) mass is 266 g/mol. The number of aromatic nitrogens is 1. The van der Waals surface area contributed by atoms with Crippen molar-refractivity contribution < 1.29 is 0 Å². The lowest BCUT2D eigenvalue weighted by Gasteiger charge is -2.31. The van der Waals surface area contributed by atoms with Crippen LogP contribution in [-0.2, 0) is 18.4 Å². The Hall–Kier alpha value is -0.410. The van der Waals surface area contributed by atoms with E-state index < -0.39 is 0 Å². The molecule has 2 nitrogen and oxygen atoms in total. The van der Waals surface area contributed by atoms with Gasteiger partial charge < -0.3 is 5.32 Å². The van der Waals surface area contributed by atoms with Gasteiger partial charge in [-0.1, -0.05) is 27.2 Å². The molecule has 1 aromatic rings. The molecule has 0 amide bonds. The van der Waals surface area contributed by atoms with Gasteiger partial charge in [-0.2, -0.15) is 0 Å². The maximum atomic E-state index is 4.99. The highest BCUT2D eigenvalue weighted by Crippen LogP contribution is 2.37. The Morgan fingerprint density at radius 2 is 2.00 bits per heavy atom. The van der Waals surface area contributed by atoms with Gasteiger partial charge in [0.05, 0.1) is 11.2 Å². The molecule has 0 radical (unpaired) electrons. The van der Waals surface area contributed by atoms with Crippen molar-refractivity contribution in [1.82, 2.24) is 10.3 Å². The lowest BCUT2D eigenvalue weighted by molar-refractivity contribution is 0.298. The average Bonchev–Trinajstić information content (AvgIpc) is 2.82. The van der Waals surface area contributed by atoms with Crippen molar-refractivity contribution in [2.75, 3.05) is 6.54 Å². The van der Waals surface area contributed by atoms with Gasteiger partial charge in [0.2, 0.25) is 0 Å². The first-order valence-corrected chi connectivity index (χ1v) is 8.31. The largest absolute Gasteiger partial charge is 0.306 e. The molecule has 1 atom stereocenters. The van der Waals surface area contributed by atoms with Crippen LogP contribution in [-0.4, -0.2) is 11.5 Å². The number of aryl methyl sites for hydroxylation is 2. The molecule has 2 rings (SSSR count). The van der Waals surface area contributed by atoms with E-state index in [2.05, 4.69) is 26.1 Å². The second-order valence-corrected chi connectivity index (χ2v) is 6.40. The molecule has 1 aliphatic rings. The molecule has 0 bridgehead atoms. The van der Waals surface area contributed by atoms with Gasteiger partial charge in [0.15, 0.2) is 0 Å². The van der Waals surface area contributed by atoms with E-state index in [1.165, 1.54) is 49.2 Å². The lowest BCUT2D eigenvalue weighted by Crippen LogP contribution is -2.41. The molecule has 1 heterocycles. The summed E-state index contributed by atoms with van der Waals surface area (Å²) in [5.41, 5.74) is 1.53. The maximum absolute atomic E-state index is 4.99. The van der Waals surface area contributed by atoms with Crippen LogP contribution in [0, 0.1) is 0 Å². The Morgan fingerprint density at radius 3 is 2.61 bits per heavy atom. The minimum Gasteiger partial charge on any atom is -0.306 e. The minimum absolute atomic E-state index is 0.130. The third kappa shape index (κ3) is 2.62. The first-order valence-electron chi connectivity index (χ1n) is 7.49. The van der Waals surface area contributed by atoms with E-state index in [-0.39, 0.29) is 5.54 Å². The van der Waals surface area contributed by atoms with Gasteiger partial charge in [0, 0.05) is 4.88 Å². The van der Waals surface area contributed by atoms with E-state index >= 15 is 0 Å². The number of hydrogen-bond donors (Lipinski definition) is 1. The van der Waals surface area contributed by atoms with E-state index in [9.17, 15) is 0 Å². The van der Waals surface area contributed by atoms with Crippen LogP contribution >= 0.6 is 11.3 Å². The normalized spacial score (nSPS) is 18.4. The van der Waals surface area contributed by atoms with Crippen LogP contribution < -0.4 is 5.32 Å². The Balaban J connectivity index is 2.31. The molecular formula is C15H26N2S. The van der Waals surface area contributed by atoms with Crippen LogP contribution in [0.25, 0.3) is 0 Å². The summed E-state index contributed by atoms with van der Waals surface area (Å²) in [6, 6.07) is 0. The molecule has 0 spiro atoms. The highest BCUT2D eigenvalue weighted by molar-refractivity contribution is 7.11. The molecule has 18 heavy (non-hydrogen) atoms. The van der Waals surface area contributed by atoms with Crippen LogP contribution in [0.5, 0.6) is 0 Å². The summed E-state index contributed by atoms with van der Waals surface area (Å²) >= 11 is 1.97. The zero-order valence-electron chi connectivity index (χ0n) is 12.0. The van der Waals surface area contributed by atoms with Gasteiger partial charge in [-0.15, -0.1) is 11.3 Å². The number of thiazole rings is 1. The zero-order valence-corrected chi connectivity index (χ0v) is 12.8. The quantitative estimate of drug-likeness (QED) is 0.840. The molecule has 102 valence electrons. The second kappa shape index (κ2) is 6.16. The molecule has 0 aliphatic heterocycles. The van der Waals surface area contributed by atoms with Crippen molar-refractivity contribution in [3.8, 4) is 0 Å². The Labute approximate surface area is 115 Å². The highest BCUT2D eigenvalue weighted by Gasteiger charge is 2.33. The van der Waals surface area contributed by atoms with Crippen molar-refractivity contribution in [2.24, 2.45) is 0 Å². The molecule has 0 saturated carbocycles. The van der Waals surface area contributed by atoms with Gasteiger partial charge >= 0.3 is 0 Å². The predicted octanol–water partition coefficient (Wildman–Crippen LogP) is 4.04. The van der Waals surface area contributed by atoms with Gasteiger partial charge in [-0.05, 0) is 45.1 Å². The van der Waals surface area contributed by atoms with E-state index in [1.807, 2.05) is 11.3 Å². The predicted molar refractivity (Wildman–Crippen MR) is 79.3 cm³/mol. The average molecular weight is 266 g/mol. The van der Waals surface area contributed by atoms with E-state index in [0.717, 1.165) is 13.0 Å². The van der Waals surface area contributed by atoms with Gasteiger partial charge in [0.25, 0.3) is 0 Å². The van der Waals surface area contributed by atoms with E-state index in [0.29, 0.717) is 0 Å². The molecule has 1 unspecified atom stereocenters. The molecular weight excluding hydrogens is 240 g/mol. The van der Waals surface area contributed by atoms with Gasteiger partial charge in [0.1, 0.15) is 5.01 Å². The van der Waals surface area contributed by atoms with Crippen molar-refractivity contribution in [1.29, 1.82) is 0 Å². The van der Waals surface area contributed by atoms with Crippen LogP contribution in [0.15, 0.2) is 0 Å². The standard InChI is InChI=1S/C15H26N2S/c1-4-11-15(5-2,16-6-3)14-17-12-9-7-8-10-13(12)18-14/h16H,4-11H2,1-3H3. The maximum Gasteiger partial charge on any atom is 0.113 e. The van der Waals surface area contributed by atoms with Crippen molar-refractivity contribution in [3.63, 3.8) is 0 Å². The molecule has 1 aromatic heterocycles. The second-order valence-electron chi connectivity index (χ2n) is 5.31. The van der Waals surface area contributed by atoms with Gasteiger partial charge in [-0.25, -0.2) is 4.98 Å². The van der Waals surface area contributed by atoms with Crippen LogP contribution in [0.2, 0.25) is 0 Å². The van der Waals surface area contributed by atoms with E-state index in [1.54, 1.807) is 4.88 Å². The molecule has 0 aromatic carbocycles. The summed E-state index contributed by atoms with van der Waals surface area (Å²) in [5.74, 6) is 0. The fourth-order valence-electron chi connectivity index (χ4n) is 3.05. The van der Waals surface area contributed by atoms with Crippen molar-refractivity contribution in [3.05, 3.63) is 15.6 Å². The number of hydrogen-bond acceptors (Lipinski definition) is 3. The Kier molecular flexibility index (Phi) is 4.79. The third-order valence-electron chi connectivity index (χ3n) is 4.05. The molecule has 1 aliphatic carbocycles. The first kappa shape index (κ1) is 14.0. The number of fused-ring (bicyclic) bond motifs is 1. The van der Waals surface area contributed by atoms with Crippen LogP contribution in [0.3, 0.4) is 0 Å². The van der Waals surface area contributed by atoms with Gasteiger partial charge in [-0.3, -0.25) is 0 Å². The fourth-order valence-corrected chi connectivity index (χ4v) is 4.46. The molecule has 3 heteroatoms. The summed E-state index contributed by atoms with van der Waals surface area (Å²) in [4.78, 5) is 6.55. The number of rotatable bonds is 6. The topological polar surface area (TPSA) is 24.9 Å². The molecule has 1 N–H and O–H groups in total. The zero-order chi connectivity index (χ0) is 13.0. The Morgan fingerprint density at radius 1 is 1.22 bits per heavy atom. The smallest absolute Gasteiger partial charge is 0.113 e. The minimum atomic E-state index is 0.130. The fraction of sp³-hybridized carbons (Fsp3) is 0.800. The summed E-state index contributed by atoms with van der Waals surface area (Å²) in [6.07, 6.45) is 8.68. The molecule has 0 saturated heterocycles.